The van der Waals surface area contributed by atoms with Gasteiger partial charge < -0.3 is 10.1 Å². The number of methoxy groups -OCH3 is 1. The topological polar surface area (TPSA) is 67.3 Å². The normalized spacial score (nSPS) is 17.4. The van der Waals surface area contributed by atoms with Crippen molar-refractivity contribution in [2.75, 3.05) is 20.2 Å². The third kappa shape index (κ3) is 5.40. The number of amides is 1. The van der Waals surface area contributed by atoms with Crippen LogP contribution in [0.3, 0.4) is 0 Å². The predicted molar refractivity (Wildman–Crippen MR) is 129 cm³/mol. The van der Waals surface area contributed by atoms with Crippen LogP contribution in [0.25, 0.3) is 0 Å². The molecule has 1 aromatic carbocycles. The van der Waals surface area contributed by atoms with Crippen LogP contribution in [0.4, 0.5) is 0 Å². The molecule has 0 aliphatic carbocycles. The smallest absolute Gasteiger partial charge is 0.270 e. The summed E-state index contributed by atoms with van der Waals surface area (Å²) in [4.78, 5) is 24.3. The number of likely N-dealkylation sites (tertiary alicyclic amines) is 1. The molecule has 1 saturated heterocycles. The Morgan fingerprint density at radius 3 is 2.58 bits per heavy atom. The average Bonchev–Trinajstić information content (AvgIpc) is 2.86. The highest BCUT2D eigenvalue weighted by atomic mass is 16.5. The fraction of sp³-hybridized carbons (Fsp3) is 0.370. The van der Waals surface area contributed by atoms with Crippen molar-refractivity contribution in [3.05, 3.63) is 89.0 Å². The molecule has 1 amide bonds. The Kier molecular flexibility index (Phi) is 7.35. The lowest BCUT2D eigenvalue weighted by atomic mass is 9.87. The predicted octanol–water partition coefficient (Wildman–Crippen LogP) is 4.49. The number of pyridine rings is 2. The van der Waals surface area contributed by atoms with E-state index in [4.69, 9.17) is 4.74 Å². The molecule has 6 heteroatoms. The van der Waals surface area contributed by atoms with Crippen LogP contribution in [0.2, 0.25) is 0 Å². The first-order valence-electron chi connectivity index (χ1n) is 11.5. The standard InChI is InChI=1S/C27H32N4O2/c1-19-20(2)25(33-3)13-12-21(19)17-31-16-8-9-22(18-31)26(23-10-4-6-14-28-23)30-27(32)24-11-5-7-15-29-24/h4-7,10-15,22,26H,8-9,16-18H2,1-3H3,(H,30,32)/t22-,26+/m0/s1. The summed E-state index contributed by atoms with van der Waals surface area (Å²) >= 11 is 0. The van der Waals surface area contributed by atoms with Gasteiger partial charge in [0.05, 0.1) is 18.8 Å². The first-order valence-corrected chi connectivity index (χ1v) is 11.5. The van der Waals surface area contributed by atoms with E-state index in [1.54, 1.807) is 25.6 Å². The SMILES string of the molecule is COc1ccc(CN2CCC[C@H]([C@@H](NC(=O)c3ccccn3)c3ccccn3)C2)c(C)c1C. The lowest BCUT2D eigenvalue weighted by molar-refractivity contribution is 0.0870. The fourth-order valence-electron chi connectivity index (χ4n) is 4.70. The summed E-state index contributed by atoms with van der Waals surface area (Å²) in [6.45, 7) is 7.11. The molecule has 172 valence electrons. The zero-order valence-corrected chi connectivity index (χ0v) is 19.6. The van der Waals surface area contributed by atoms with Crippen LogP contribution < -0.4 is 10.1 Å². The molecule has 0 spiro atoms. The summed E-state index contributed by atoms with van der Waals surface area (Å²) in [5.74, 6) is 1.03. The maximum atomic E-state index is 13.0. The minimum absolute atomic E-state index is 0.162. The largest absolute Gasteiger partial charge is 0.496 e. The molecule has 1 fully saturated rings. The summed E-state index contributed by atoms with van der Waals surface area (Å²) < 4.78 is 5.48. The molecule has 2 aromatic heterocycles. The summed E-state index contributed by atoms with van der Waals surface area (Å²) in [6.07, 6.45) is 5.56. The quantitative estimate of drug-likeness (QED) is 0.582. The van der Waals surface area contributed by atoms with Crippen LogP contribution in [0.5, 0.6) is 5.75 Å². The van der Waals surface area contributed by atoms with Gasteiger partial charge in [0.15, 0.2) is 0 Å². The highest BCUT2D eigenvalue weighted by molar-refractivity contribution is 5.92. The molecule has 3 aromatic rings. The summed E-state index contributed by atoms with van der Waals surface area (Å²) in [7, 11) is 1.72. The monoisotopic (exact) mass is 444 g/mol. The minimum Gasteiger partial charge on any atom is -0.496 e. The van der Waals surface area contributed by atoms with Gasteiger partial charge in [-0.25, -0.2) is 0 Å². The number of ether oxygens (including phenoxy) is 1. The van der Waals surface area contributed by atoms with E-state index in [2.05, 4.69) is 46.2 Å². The number of benzene rings is 1. The van der Waals surface area contributed by atoms with Gasteiger partial charge in [0.25, 0.3) is 5.91 Å². The Morgan fingerprint density at radius 2 is 1.88 bits per heavy atom. The zero-order valence-electron chi connectivity index (χ0n) is 19.6. The van der Waals surface area contributed by atoms with Gasteiger partial charge in [-0.3, -0.25) is 19.7 Å². The molecule has 0 saturated carbocycles. The lowest BCUT2D eigenvalue weighted by Gasteiger charge is -2.37. The molecule has 3 heterocycles. The van der Waals surface area contributed by atoms with Gasteiger partial charge in [-0.05, 0) is 86.2 Å². The van der Waals surface area contributed by atoms with E-state index >= 15 is 0 Å². The van der Waals surface area contributed by atoms with E-state index in [9.17, 15) is 4.79 Å². The zero-order chi connectivity index (χ0) is 23.2. The molecule has 1 aliphatic rings. The number of carbonyl (C=O) groups is 1. The van der Waals surface area contributed by atoms with Gasteiger partial charge in [-0.1, -0.05) is 18.2 Å². The molecular weight excluding hydrogens is 412 g/mol. The number of hydrogen-bond donors (Lipinski definition) is 1. The summed E-state index contributed by atoms with van der Waals surface area (Å²) in [6, 6.07) is 15.3. The first-order chi connectivity index (χ1) is 16.1. The van der Waals surface area contributed by atoms with Crippen molar-refractivity contribution >= 4 is 5.91 Å². The maximum Gasteiger partial charge on any atom is 0.270 e. The Morgan fingerprint density at radius 1 is 1.09 bits per heavy atom. The van der Waals surface area contributed by atoms with Gasteiger partial charge in [-0.2, -0.15) is 0 Å². The van der Waals surface area contributed by atoms with Crippen molar-refractivity contribution in [2.24, 2.45) is 5.92 Å². The minimum atomic E-state index is -0.165. The Bertz CT molecular complexity index is 1070. The number of rotatable bonds is 7. The highest BCUT2D eigenvalue weighted by Crippen LogP contribution is 2.31. The second-order valence-electron chi connectivity index (χ2n) is 8.74. The van der Waals surface area contributed by atoms with E-state index in [0.717, 1.165) is 43.9 Å². The molecule has 4 rings (SSSR count). The number of nitrogens with zero attached hydrogens (tertiary/aromatic N) is 3. The number of hydrogen-bond acceptors (Lipinski definition) is 5. The third-order valence-electron chi connectivity index (χ3n) is 6.67. The number of nitrogens with one attached hydrogen (secondary N) is 1. The van der Waals surface area contributed by atoms with E-state index in [-0.39, 0.29) is 17.9 Å². The molecule has 33 heavy (non-hydrogen) atoms. The molecule has 2 atom stereocenters. The van der Waals surface area contributed by atoms with Crippen molar-refractivity contribution in [1.82, 2.24) is 20.2 Å². The van der Waals surface area contributed by atoms with E-state index in [1.807, 2.05) is 30.3 Å². The van der Waals surface area contributed by atoms with Crippen LogP contribution in [-0.2, 0) is 6.54 Å². The average molecular weight is 445 g/mol. The Hall–Kier alpha value is -3.25. The second-order valence-corrected chi connectivity index (χ2v) is 8.74. The van der Waals surface area contributed by atoms with Gasteiger partial charge in [0.2, 0.25) is 0 Å². The van der Waals surface area contributed by atoms with Crippen LogP contribution in [-0.4, -0.2) is 41.0 Å². The number of carbonyl (C=O) groups excluding carboxylic acids is 1. The molecule has 0 bridgehead atoms. The lowest BCUT2D eigenvalue weighted by Crippen LogP contribution is -2.43. The van der Waals surface area contributed by atoms with Crippen molar-refractivity contribution < 1.29 is 9.53 Å². The van der Waals surface area contributed by atoms with Crippen LogP contribution in [0, 0.1) is 19.8 Å². The second kappa shape index (κ2) is 10.6. The first kappa shape index (κ1) is 22.9. The van der Waals surface area contributed by atoms with Crippen molar-refractivity contribution in [3.8, 4) is 5.75 Å². The molecule has 1 aliphatic heterocycles. The molecule has 6 nitrogen and oxygen atoms in total. The van der Waals surface area contributed by atoms with E-state index < -0.39 is 0 Å². The Labute approximate surface area is 196 Å². The van der Waals surface area contributed by atoms with E-state index in [0.29, 0.717) is 5.69 Å². The molecule has 0 unspecified atom stereocenters. The summed E-state index contributed by atoms with van der Waals surface area (Å²) in [5.41, 5.74) is 5.11. The van der Waals surface area contributed by atoms with Crippen molar-refractivity contribution in [2.45, 2.75) is 39.3 Å². The van der Waals surface area contributed by atoms with Gasteiger partial charge in [-0.15, -0.1) is 0 Å². The third-order valence-corrected chi connectivity index (χ3v) is 6.67. The number of aromatic nitrogens is 2. The van der Waals surface area contributed by atoms with Crippen molar-refractivity contribution in [3.63, 3.8) is 0 Å². The van der Waals surface area contributed by atoms with E-state index in [1.165, 1.54) is 16.7 Å². The van der Waals surface area contributed by atoms with Crippen molar-refractivity contribution in [1.29, 1.82) is 0 Å². The number of piperidine rings is 1. The Balaban J connectivity index is 1.53. The van der Waals surface area contributed by atoms with Crippen LogP contribution >= 0.6 is 0 Å². The van der Waals surface area contributed by atoms with Crippen LogP contribution in [0.15, 0.2) is 60.9 Å². The molecule has 0 radical (unpaired) electrons. The fourth-order valence-corrected chi connectivity index (χ4v) is 4.70. The van der Waals surface area contributed by atoms with Crippen LogP contribution in [0.1, 0.15) is 51.8 Å². The molecular formula is C27H32N4O2. The van der Waals surface area contributed by atoms with Gasteiger partial charge >= 0.3 is 0 Å². The molecule has 1 N–H and O–H groups in total. The van der Waals surface area contributed by atoms with Gasteiger partial charge in [0, 0.05) is 25.5 Å². The van der Waals surface area contributed by atoms with Gasteiger partial charge in [0.1, 0.15) is 11.4 Å². The maximum absolute atomic E-state index is 13.0. The summed E-state index contributed by atoms with van der Waals surface area (Å²) in [5, 5.41) is 3.23. The highest BCUT2D eigenvalue weighted by Gasteiger charge is 2.31.